The Balaban J connectivity index is 1.51. The molecule has 1 aliphatic heterocycles. The summed E-state index contributed by atoms with van der Waals surface area (Å²) in [7, 11) is 5.25. The summed E-state index contributed by atoms with van der Waals surface area (Å²) >= 11 is 0. The fourth-order valence-electron chi connectivity index (χ4n) is 5.05. The molecule has 0 spiro atoms. The van der Waals surface area contributed by atoms with Gasteiger partial charge in [-0.3, -0.25) is 4.90 Å². The SMILES string of the molecule is COc1cc2c(cc1OC)-c1c(c3cc(OCCN4CCCCC4)ccc3n1C)C2=NO. The van der Waals surface area contributed by atoms with E-state index in [0.29, 0.717) is 23.8 Å². The zero-order valence-corrected chi connectivity index (χ0v) is 18.9. The number of likely N-dealkylation sites (tertiary alicyclic amines) is 1. The molecular formula is C25H29N3O4. The molecule has 1 fully saturated rings. The van der Waals surface area contributed by atoms with E-state index in [4.69, 9.17) is 14.2 Å². The number of hydrogen-bond donors (Lipinski definition) is 1. The second kappa shape index (κ2) is 8.39. The quantitative estimate of drug-likeness (QED) is 0.362. The van der Waals surface area contributed by atoms with Crippen molar-refractivity contribution < 1.29 is 19.4 Å². The minimum absolute atomic E-state index is 0.534. The third-order valence-corrected chi connectivity index (χ3v) is 6.67. The molecule has 2 aliphatic rings. The van der Waals surface area contributed by atoms with Crippen LogP contribution in [0.25, 0.3) is 22.2 Å². The maximum atomic E-state index is 9.94. The van der Waals surface area contributed by atoms with Crippen molar-refractivity contribution in [1.82, 2.24) is 9.47 Å². The molecule has 1 N–H and O–H groups in total. The van der Waals surface area contributed by atoms with Crippen molar-refractivity contribution in [2.45, 2.75) is 19.3 Å². The van der Waals surface area contributed by atoms with Crippen molar-refractivity contribution in [3.8, 4) is 28.5 Å². The number of fused-ring (bicyclic) bond motifs is 5. The van der Waals surface area contributed by atoms with E-state index in [2.05, 4.69) is 26.8 Å². The highest BCUT2D eigenvalue weighted by atomic mass is 16.5. The number of benzene rings is 2. The number of hydrogen-bond acceptors (Lipinski definition) is 6. The lowest BCUT2D eigenvalue weighted by Gasteiger charge is -2.26. The van der Waals surface area contributed by atoms with Gasteiger partial charge in [-0.1, -0.05) is 11.6 Å². The first-order valence-corrected chi connectivity index (χ1v) is 11.1. The molecule has 7 heteroatoms. The molecule has 0 unspecified atom stereocenters. The summed E-state index contributed by atoms with van der Waals surface area (Å²) in [6, 6.07) is 9.95. The summed E-state index contributed by atoms with van der Waals surface area (Å²) in [6.45, 7) is 3.93. The molecule has 1 aromatic heterocycles. The van der Waals surface area contributed by atoms with Gasteiger partial charge in [0.15, 0.2) is 11.5 Å². The van der Waals surface area contributed by atoms with E-state index >= 15 is 0 Å². The number of ether oxygens (including phenoxy) is 3. The van der Waals surface area contributed by atoms with Gasteiger partial charge in [0, 0.05) is 41.2 Å². The number of nitrogens with zero attached hydrogens (tertiary/aromatic N) is 3. The van der Waals surface area contributed by atoms with E-state index < -0.39 is 0 Å². The molecule has 0 atom stereocenters. The highest BCUT2D eigenvalue weighted by molar-refractivity contribution is 6.30. The topological polar surface area (TPSA) is 68.5 Å². The van der Waals surface area contributed by atoms with E-state index in [9.17, 15) is 5.21 Å². The van der Waals surface area contributed by atoms with Crippen LogP contribution in [-0.4, -0.2) is 60.8 Å². The Morgan fingerprint density at radius 1 is 0.969 bits per heavy atom. The van der Waals surface area contributed by atoms with Crippen LogP contribution >= 0.6 is 0 Å². The van der Waals surface area contributed by atoms with Gasteiger partial charge in [0.05, 0.1) is 19.9 Å². The van der Waals surface area contributed by atoms with Gasteiger partial charge in [0.1, 0.15) is 18.1 Å². The maximum Gasteiger partial charge on any atom is 0.161 e. The predicted molar refractivity (Wildman–Crippen MR) is 125 cm³/mol. The lowest BCUT2D eigenvalue weighted by atomic mass is 10.1. The third-order valence-electron chi connectivity index (χ3n) is 6.67. The number of aryl methyl sites for hydroxylation is 1. The van der Waals surface area contributed by atoms with Crippen molar-refractivity contribution in [1.29, 1.82) is 0 Å². The van der Waals surface area contributed by atoms with E-state index in [0.717, 1.165) is 58.7 Å². The zero-order valence-electron chi connectivity index (χ0n) is 18.9. The molecule has 1 aliphatic carbocycles. The molecule has 0 bridgehead atoms. The molecule has 1 saturated heterocycles. The van der Waals surface area contributed by atoms with Gasteiger partial charge in [-0.15, -0.1) is 0 Å². The summed E-state index contributed by atoms with van der Waals surface area (Å²) in [5.74, 6) is 2.07. The molecule has 0 saturated carbocycles. The van der Waals surface area contributed by atoms with Gasteiger partial charge >= 0.3 is 0 Å². The molecule has 0 amide bonds. The van der Waals surface area contributed by atoms with E-state index in [1.807, 2.05) is 25.2 Å². The van der Waals surface area contributed by atoms with Crippen molar-refractivity contribution in [3.63, 3.8) is 0 Å². The summed E-state index contributed by atoms with van der Waals surface area (Å²) in [4.78, 5) is 2.47. The van der Waals surface area contributed by atoms with Gasteiger partial charge in [-0.25, -0.2) is 0 Å². The fourth-order valence-corrected chi connectivity index (χ4v) is 5.05. The van der Waals surface area contributed by atoms with Crippen LogP contribution in [0.15, 0.2) is 35.5 Å². The highest BCUT2D eigenvalue weighted by Crippen LogP contribution is 2.47. The van der Waals surface area contributed by atoms with Gasteiger partial charge in [-0.2, -0.15) is 0 Å². The summed E-state index contributed by atoms with van der Waals surface area (Å²) in [5.41, 5.74) is 5.26. The minimum atomic E-state index is 0.534. The van der Waals surface area contributed by atoms with Crippen LogP contribution in [0.3, 0.4) is 0 Å². The molecule has 3 aromatic rings. The summed E-state index contributed by atoms with van der Waals surface area (Å²) in [6.07, 6.45) is 3.89. The van der Waals surface area contributed by atoms with Crippen LogP contribution in [0.5, 0.6) is 17.2 Å². The molecule has 2 aromatic carbocycles. The highest BCUT2D eigenvalue weighted by Gasteiger charge is 2.33. The Hall–Kier alpha value is -3.19. The predicted octanol–water partition coefficient (Wildman–Crippen LogP) is 4.27. The molecule has 7 nitrogen and oxygen atoms in total. The molecule has 2 heterocycles. The van der Waals surface area contributed by atoms with E-state index in [1.54, 1.807) is 14.2 Å². The zero-order chi connectivity index (χ0) is 22.2. The average molecular weight is 436 g/mol. The fraction of sp³-hybridized carbons (Fsp3) is 0.400. The standard InChI is InChI=1S/C25H29N3O4/c1-27-20-8-7-16(32-12-11-28-9-5-4-6-10-28)13-19(20)23-24(26-29)17-14-21(30-2)22(31-3)15-18(17)25(23)27/h7-8,13-15,29H,4-6,9-12H2,1-3H3. The number of oxime groups is 1. The van der Waals surface area contributed by atoms with E-state index in [1.165, 1.54) is 19.3 Å². The number of rotatable bonds is 6. The average Bonchev–Trinajstić information content (AvgIpc) is 3.30. The Kier molecular flexibility index (Phi) is 5.43. The second-order valence-electron chi connectivity index (χ2n) is 8.41. The van der Waals surface area contributed by atoms with Crippen LogP contribution in [0, 0.1) is 0 Å². The maximum absolute atomic E-state index is 9.94. The van der Waals surface area contributed by atoms with Crippen LogP contribution < -0.4 is 14.2 Å². The van der Waals surface area contributed by atoms with Crippen LogP contribution in [0.2, 0.25) is 0 Å². The largest absolute Gasteiger partial charge is 0.493 e. The Morgan fingerprint density at radius 3 is 2.38 bits per heavy atom. The third kappa shape index (κ3) is 3.28. The molecule has 32 heavy (non-hydrogen) atoms. The summed E-state index contributed by atoms with van der Waals surface area (Å²) in [5, 5.41) is 14.6. The smallest absolute Gasteiger partial charge is 0.161 e. The minimum Gasteiger partial charge on any atom is -0.493 e. The first-order valence-electron chi connectivity index (χ1n) is 11.1. The van der Waals surface area contributed by atoms with Gasteiger partial charge in [0.2, 0.25) is 0 Å². The normalized spacial score (nSPS) is 16.9. The second-order valence-corrected chi connectivity index (χ2v) is 8.41. The van der Waals surface area contributed by atoms with Crippen molar-refractivity contribution in [3.05, 3.63) is 41.5 Å². The molecule has 0 radical (unpaired) electrons. The van der Waals surface area contributed by atoms with Gasteiger partial charge in [0.25, 0.3) is 0 Å². The van der Waals surface area contributed by atoms with Crippen molar-refractivity contribution >= 4 is 16.6 Å². The number of piperidine rings is 1. The first-order chi connectivity index (χ1) is 15.7. The van der Waals surface area contributed by atoms with Crippen LogP contribution in [0.1, 0.15) is 30.4 Å². The van der Waals surface area contributed by atoms with Crippen molar-refractivity contribution in [2.24, 2.45) is 12.2 Å². The molecular weight excluding hydrogens is 406 g/mol. The lowest BCUT2D eigenvalue weighted by molar-refractivity contribution is 0.183. The molecule has 168 valence electrons. The number of aromatic nitrogens is 1. The van der Waals surface area contributed by atoms with Crippen molar-refractivity contribution in [2.75, 3.05) is 40.5 Å². The lowest BCUT2D eigenvalue weighted by Crippen LogP contribution is -2.33. The first kappa shape index (κ1) is 20.7. The monoisotopic (exact) mass is 435 g/mol. The van der Waals surface area contributed by atoms with Gasteiger partial charge in [-0.05, 0) is 56.3 Å². The van der Waals surface area contributed by atoms with Crippen LogP contribution in [0.4, 0.5) is 0 Å². The Morgan fingerprint density at radius 2 is 1.69 bits per heavy atom. The molecule has 5 rings (SSSR count). The number of methoxy groups -OCH3 is 2. The Bertz CT molecular complexity index is 1190. The summed E-state index contributed by atoms with van der Waals surface area (Å²) < 4.78 is 19.2. The van der Waals surface area contributed by atoms with E-state index in [-0.39, 0.29) is 0 Å². The van der Waals surface area contributed by atoms with Gasteiger partial charge < -0.3 is 24.0 Å². The van der Waals surface area contributed by atoms with Crippen LogP contribution in [-0.2, 0) is 7.05 Å². The Labute approximate surface area is 187 Å².